The van der Waals surface area contributed by atoms with E-state index in [2.05, 4.69) is 252 Å². The van der Waals surface area contributed by atoms with Crippen LogP contribution in [0.4, 0.5) is 0 Å². The maximum absolute atomic E-state index is 5.49. The fourth-order valence-electron chi connectivity index (χ4n) is 10.6. The lowest BCUT2D eigenvalue weighted by molar-refractivity contribution is 0.464. The van der Waals surface area contributed by atoms with Crippen molar-refractivity contribution in [1.82, 2.24) is 14.5 Å². The largest absolute Gasteiger partial charge is 0.360 e. The van der Waals surface area contributed by atoms with E-state index in [9.17, 15) is 0 Å². The molecule has 0 saturated carbocycles. The first-order valence-electron chi connectivity index (χ1n) is 23.7. The molecule has 0 saturated heterocycles. The Kier molecular flexibility index (Phi) is 9.83. The van der Waals surface area contributed by atoms with Crippen LogP contribution in [0.15, 0.2) is 252 Å². The molecule has 2 aliphatic rings. The van der Waals surface area contributed by atoms with Gasteiger partial charge in [-0.15, -0.1) is 0 Å². The van der Waals surface area contributed by atoms with E-state index in [1.54, 1.807) is 0 Å². The van der Waals surface area contributed by atoms with Crippen LogP contribution in [0, 0.1) is 5.92 Å². The molecule has 9 aromatic carbocycles. The zero-order valence-corrected chi connectivity index (χ0v) is 38.0. The van der Waals surface area contributed by atoms with Gasteiger partial charge in [-0.05, 0) is 81.9 Å². The molecule has 11 aromatic rings. The highest BCUT2D eigenvalue weighted by Crippen LogP contribution is 2.43. The lowest BCUT2D eigenvalue weighted by Gasteiger charge is -2.30. The fourth-order valence-corrected chi connectivity index (χ4v) is 10.6. The quantitative estimate of drug-likeness (QED) is 0.162. The topological polar surface area (TPSA) is 59.0 Å². The maximum atomic E-state index is 5.49. The standard InChI is InChI=1S/C63H46N6/c1-41-60(44-24-10-4-11-25-44)66-61(45-26-12-5-13-27-45)67-63(41)69-55-33-16-14-30-50(55)52-39-46(36-37-57(52)69)49-32-19-35-58-59(49)51-31-15-17-34-56(51)68(58)48-29-18-28-47(38-48)62-64-53(42-20-6-2-7-21-42)40-54(65-62)43-22-8-3-9-23-43/h2-41,62-64H,1H3. The van der Waals surface area contributed by atoms with Gasteiger partial charge in [0, 0.05) is 44.4 Å². The summed E-state index contributed by atoms with van der Waals surface area (Å²) in [4.78, 5) is 16.1. The molecule has 2 aromatic heterocycles. The van der Waals surface area contributed by atoms with Crippen molar-refractivity contribution in [2.45, 2.75) is 19.3 Å². The van der Waals surface area contributed by atoms with Crippen LogP contribution >= 0.6 is 0 Å². The Labute approximate surface area is 400 Å². The number of rotatable bonds is 8. The Bertz CT molecular complexity index is 3880. The van der Waals surface area contributed by atoms with Gasteiger partial charge in [0.2, 0.25) is 0 Å². The summed E-state index contributed by atoms with van der Waals surface area (Å²) in [5.41, 5.74) is 16.5. The molecule has 13 rings (SSSR count). The zero-order valence-electron chi connectivity index (χ0n) is 38.0. The highest BCUT2D eigenvalue weighted by atomic mass is 15.2. The number of nitrogens with one attached hydrogen (secondary N) is 1. The highest BCUT2D eigenvalue weighted by Gasteiger charge is 2.32. The minimum Gasteiger partial charge on any atom is -0.360 e. The first-order chi connectivity index (χ1) is 34.1. The van der Waals surface area contributed by atoms with E-state index < -0.39 is 0 Å². The van der Waals surface area contributed by atoms with Crippen LogP contribution in [-0.4, -0.2) is 26.4 Å². The Morgan fingerprint density at radius 1 is 0.449 bits per heavy atom. The predicted molar refractivity (Wildman–Crippen MR) is 287 cm³/mol. The van der Waals surface area contributed by atoms with Gasteiger partial charge < -0.3 is 14.5 Å². The molecule has 6 heteroatoms. The third-order valence-electron chi connectivity index (χ3n) is 13.9. The van der Waals surface area contributed by atoms with Crippen molar-refractivity contribution in [2.24, 2.45) is 20.9 Å². The van der Waals surface area contributed by atoms with Crippen molar-refractivity contribution < 1.29 is 0 Å². The van der Waals surface area contributed by atoms with Crippen molar-refractivity contribution in [3.63, 3.8) is 0 Å². The van der Waals surface area contributed by atoms with Gasteiger partial charge in [0.1, 0.15) is 12.3 Å². The van der Waals surface area contributed by atoms with Gasteiger partial charge in [0.05, 0.1) is 33.5 Å². The van der Waals surface area contributed by atoms with Crippen molar-refractivity contribution in [3.05, 3.63) is 264 Å². The summed E-state index contributed by atoms with van der Waals surface area (Å²) in [6, 6.07) is 82.1. The number of aliphatic imine (C=N–C) groups is 3. The number of para-hydroxylation sites is 2. The summed E-state index contributed by atoms with van der Waals surface area (Å²) in [6.07, 6.45) is 1.65. The number of nitrogens with zero attached hydrogens (tertiary/aromatic N) is 5. The molecule has 3 unspecified atom stereocenters. The third kappa shape index (κ3) is 6.99. The number of aromatic nitrogens is 2. The molecular formula is C63H46N6. The number of hydrogen-bond donors (Lipinski definition) is 1. The highest BCUT2D eigenvalue weighted by molar-refractivity contribution is 6.18. The Morgan fingerprint density at radius 3 is 1.81 bits per heavy atom. The lowest BCUT2D eigenvalue weighted by Crippen LogP contribution is -2.29. The molecule has 0 fully saturated rings. The van der Waals surface area contributed by atoms with Crippen LogP contribution in [0.2, 0.25) is 0 Å². The van der Waals surface area contributed by atoms with Crippen molar-refractivity contribution in [3.8, 4) is 16.8 Å². The van der Waals surface area contributed by atoms with Gasteiger partial charge in [-0.3, -0.25) is 4.99 Å². The fraction of sp³-hybridized carbons (Fsp3) is 0.0635. The van der Waals surface area contributed by atoms with E-state index >= 15 is 0 Å². The second kappa shape index (κ2) is 16.8. The molecule has 1 N–H and O–H groups in total. The molecule has 6 nitrogen and oxygen atoms in total. The molecule has 2 aliphatic heterocycles. The van der Waals surface area contributed by atoms with Crippen molar-refractivity contribution in [1.29, 1.82) is 0 Å². The zero-order chi connectivity index (χ0) is 45.8. The molecule has 0 amide bonds. The number of hydrogen-bond acceptors (Lipinski definition) is 4. The van der Waals surface area contributed by atoms with Crippen LogP contribution in [0.3, 0.4) is 0 Å². The van der Waals surface area contributed by atoms with E-state index in [4.69, 9.17) is 15.0 Å². The van der Waals surface area contributed by atoms with Gasteiger partial charge in [-0.1, -0.05) is 195 Å². The van der Waals surface area contributed by atoms with E-state index in [-0.39, 0.29) is 18.2 Å². The van der Waals surface area contributed by atoms with Gasteiger partial charge in [-0.25, -0.2) is 9.98 Å². The minimum atomic E-state index is -0.290. The van der Waals surface area contributed by atoms with E-state index in [0.29, 0.717) is 0 Å². The first-order valence-corrected chi connectivity index (χ1v) is 23.7. The summed E-state index contributed by atoms with van der Waals surface area (Å²) in [5, 5.41) is 8.61. The minimum absolute atomic E-state index is 0.00548. The molecule has 0 bridgehead atoms. The second-order valence-corrected chi connectivity index (χ2v) is 18.0. The van der Waals surface area contributed by atoms with E-state index in [0.717, 1.165) is 78.5 Å². The lowest BCUT2D eigenvalue weighted by atomic mass is 9.93. The van der Waals surface area contributed by atoms with Gasteiger partial charge in [0.15, 0.2) is 5.84 Å². The number of allylic oxidation sites excluding steroid dienone is 1. The van der Waals surface area contributed by atoms with Crippen LogP contribution < -0.4 is 5.32 Å². The summed E-state index contributed by atoms with van der Waals surface area (Å²) >= 11 is 0. The molecule has 0 radical (unpaired) electrons. The van der Waals surface area contributed by atoms with E-state index in [1.165, 1.54) is 32.7 Å². The SMILES string of the molecule is CC1C(c2ccccc2)=NC(c2ccccc2)=NC1n1c2ccccc2c2cc(-c3cccc4c3c3ccccc3n4-c3cccc(C4N=C(c5ccccc5)C=C(c5ccccc5)N4)c3)ccc21. The summed E-state index contributed by atoms with van der Waals surface area (Å²) in [5.74, 6) is 0.757. The number of benzene rings is 9. The molecular weight excluding hydrogens is 841 g/mol. The predicted octanol–water partition coefficient (Wildman–Crippen LogP) is 14.8. The Hall–Kier alpha value is -8.87. The molecule has 328 valence electrons. The third-order valence-corrected chi connectivity index (χ3v) is 13.9. The normalized spacial score (nSPS) is 17.1. The van der Waals surface area contributed by atoms with Gasteiger partial charge >= 0.3 is 0 Å². The average molecular weight is 887 g/mol. The average Bonchev–Trinajstić information content (AvgIpc) is 3.94. The smallest absolute Gasteiger partial charge is 0.156 e. The van der Waals surface area contributed by atoms with Gasteiger partial charge in [-0.2, -0.15) is 0 Å². The molecule has 69 heavy (non-hydrogen) atoms. The van der Waals surface area contributed by atoms with Crippen molar-refractivity contribution in [2.75, 3.05) is 0 Å². The van der Waals surface area contributed by atoms with Crippen LogP contribution in [0.1, 0.15) is 47.1 Å². The van der Waals surface area contributed by atoms with Crippen LogP contribution in [-0.2, 0) is 0 Å². The molecule has 3 atom stereocenters. The maximum Gasteiger partial charge on any atom is 0.156 e. The van der Waals surface area contributed by atoms with Crippen molar-refractivity contribution >= 4 is 66.6 Å². The first kappa shape index (κ1) is 40.4. The Balaban J connectivity index is 0.937. The molecule has 4 heterocycles. The van der Waals surface area contributed by atoms with Gasteiger partial charge in [0.25, 0.3) is 0 Å². The van der Waals surface area contributed by atoms with Crippen LogP contribution in [0.5, 0.6) is 0 Å². The molecule has 0 spiro atoms. The summed E-state index contributed by atoms with van der Waals surface area (Å²) < 4.78 is 4.87. The van der Waals surface area contributed by atoms with Crippen LogP contribution in [0.25, 0.3) is 66.1 Å². The Morgan fingerprint density at radius 2 is 1.06 bits per heavy atom. The number of amidine groups is 1. The monoisotopic (exact) mass is 886 g/mol. The summed E-state index contributed by atoms with van der Waals surface area (Å²) in [6.45, 7) is 2.27. The summed E-state index contributed by atoms with van der Waals surface area (Å²) in [7, 11) is 0. The van der Waals surface area contributed by atoms with E-state index in [1.807, 2.05) is 6.07 Å². The number of fused-ring (bicyclic) bond motifs is 6. The second-order valence-electron chi connectivity index (χ2n) is 18.0. The molecule has 0 aliphatic carbocycles.